The highest BCUT2D eigenvalue weighted by atomic mass is 31.1. The van der Waals surface area contributed by atoms with Crippen molar-refractivity contribution in [2.45, 2.75) is 0 Å². The van der Waals surface area contributed by atoms with Crippen molar-refractivity contribution in [3.8, 4) is 0 Å². The van der Waals surface area contributed by atoms with Gasteiger partial charge >= 0.3 is 0 Å². The van der Waals surface area contributed by atoms with Gasteiger partial charge in [-0.3, -0.25) is 9.36 Å². The predicted molar refractivity (Wildman–Crippen MR) is 17.5 cm³/mol. The molecule has 0 spiro atoms. The average Bonchev–Trinajstić information content (AvgIpc) is 1.79. The van der Waals surface area contributed by atoms with Crippen molar-refractivity contribution in [1.29, 1.82) is 0 Å². The first kappa shape index (κ1) is 2.98. The third-order valence-corrected chi connectivity index (χ3v) is 1.36. The number of carbonyl (C=O) groups excluding carboxylic acids is 1. The van der Waals surface area contributed by atoms with Gasteiger partial charge in [0.15, 0.2) is 0 Å². The first-order valence-electron chi connectivity index (χ1n) is 1.28. The van der Waals surface area contributed by atoms with E-state index in [0.717, 1.165) is 0 Å². The Morgan fingerprint density at radius 1 is 1.80 bits per heavy atom. The molecule has 0 N–H and O–H groups in total. The summed E-state index contributed by atoms with van der Waals surface area (Å²) in [7, 11) is -1.32. The normalized spacial score (nSPS) is 27.2. The predicted octanol–water partition coefficient (Wildman–Crippen LogP) is 0.354. The summed E-state index contributed by atoms with van der Waals surface area (Å²) in [6.07, 6.45) is 0.343. The lowest BCUT2D eigenvalue weighted by molar-refractivity contribution is -0.106. The zero-order valence-corrected chi connectivity index (χ0v) is 3.37. The second kappa shape index (κ2) is 0.631. The highest BCUT2D eigenvalue weighted by Crippen LogP contribution is 2.38. The molecule has 1 saturated heterocycles. The minimum Gasteiger partial charge on any atom is -0.286 e. The molecule has 0 aromatic rings. The fourth-order valence-electron chi connectivity index (χ4n) is 0.0875. The maximum atomic E-state index is 9.69. The molecule has 0 bridgehead atoms. The lowest BCUT2D eigenvalue weighted by Crippen LogP contribution is -1.48. The molecule has 1 heterocycles. The molecular formula is C2H2O2P. The Bertz CT molecular complexity index is 83.8. The average molecular weight is 89.0 g/mol. The van der Waals surface area contributed by atoms with E-state index >= 15 is 0 Å². The molecule has 3 heteroatoms. The van der Waals surface area contributed by atoms with Gasteiger partial charge in [-0.2, -0.15) is 0 Å². The lowest BCUT2D eigenvalue weighted by atomic mass is 11.0. The van der Waals surface area contributed by atoms with Crippen LogP contribution in [0, 0.1) is 0 Å². The quantitative estimate of drug-likeness (QED) is 0.401. The largest absolute Gasteiger partial charge is 0.286 e. The molecule has 1 atom stereocenters. The Balaban J connectivity index is 2.81. The van der Waals surface area contributed by atoms with Gasteiger partial charge in [-0.05, 0) is 0 Å². The minimum atomic E-state index is -1.32. The number of hydrogen-bond donors (Lipinski definition) is 0. The van der Waals surface area contributed by atoms with Crippen molar-refractivity contribution in [2.24, 2.45) is 0 Å². The van der Waals surface area contributed by atoms with Crippen LogP contribution < -0.4 is 0 Å². The van der Waals surface area contributed by atoms with E-state index in [1.165, 1.54) is 0 Å². The Hall–Kier alpha value is -0.230. The van der Waals surface area contributed by atoms with Crippen molar-refractivity contribution in [1.82, 2.24) is 0 Å². The summed E-state index contributed by atoms with van der Waals surface area (Å²) in [6, 6.07) is 0. The maximum Gasteiger partial charge on any atom is 0.223 e. The number of hydrogen-bond acceptors (Lipinski definition) is 2. The molecule has 0 saturated carbocycles. The second-order valence-electron chi connectivity index (χ2n) is 0.930. The Morgan fingerprint density at radius 3 is 2.00 bits per heavy atom. The summed E-state index contributed by atoms with van der Waals surface area (Å²) in [4.78, 5) is 9.60. The summed E-state index contributed by atoms with van der Waals surface area (Å²) in [5.74, 6) is 0. The van der Waals surface area contributed by atoms with Gasteiger partial charge in [0.25, 0.3) is 0 Å². The highest BCUT2D eigenvalue weighted by molar-refractivity contribution is 7.77. The molecule has 27 valence electrons. The molecule has 1 unspecified atom stereocenters. The van der Waals surface area contributed by atoms with E-state index in [-0.39, 0.29) is 5.52 Å². The fraction of sp³-hybridized carbons (Fsp3) is 0.500. The van der Waals surface area contributed by atoms with Crippen molar-refractivity contribution < 1.29 is 9.36 Å². The van der Waals surface area contributed by atoms with Crippen molar-refractivity contribution >= 4 is 13.3 Å². The van der Waals surface area contributed by atoms with Gasteiger partial charge in [0, 0.05) is 0 Å². The summed E-state index contributed by atoms with van der Waals surface area (Å²) >= 11 is 0. The minimum absolute atomic E-state index is 0.0694. The first-order chi connectivity index (χ1) is 2.30. The fourth-order valence-corrected chi connectivity index (χ4v) is 0.436. The standard InChI is InChI=1S/C2H2O2P/c3-2-1-5(2)4/h1H2. The van der Waals surface area contributed by atoms with Crippen molar-refractivity contribution in [3.63, 3.8) is 0 Å². The SMILES string of the molecule is O=C1C[P]1=O. The Kier molecular flexibility index (Phi) is 0.376. The summed E-state index contributed by atoms with van der Waals surface area (Å²) in [6.45, 7) is 0. The molecule has 5 heavy (non-hydrogen) atoms. The first-order valence-corrected chi connectivity index (χ1v) is 2.72. The maximum absolute atomic E-state index is 9.69. The van der Waals surface area contributed by atoms with Crippen LogP contribution in [-0.2, 0) is 9.36 Å². The molecular weight excluding hydrogens is 87.0 g/mol. The molecule has 1 radical (unpaired) electrons. The summed E-state index contributed by atoms with van der Waals surface area (Å²) in [5.41, 5.74) is -0.0694. The third kappa shape index (κ3) is 0.355. The van der Waals surface area contributed by atoms with Crippen LogP contribution in [-0.4, -0.2) is 11.7 Å². The van der Waals surface area contributed by atoms with E-state index < -0.39 is 7.80 Å². The van der Waals surface area contributed by atoms with E-state index in [2.05, 4.69) is 0 Å². The summed E-state index contributed by atoms with van der Waals surface area (Å²) < 4.78 is 9.69. The zero-order valence-electron chi connectivity index (χ0n) is 2.47. The van der Waals surface area contributed by atoms with E-state index in [9.17, 15) is 9.36 Å². The lowest BCUT2D eigenvalue weighted by Gasteiger charge is -1.30. The van der Waals surface area contributed by atoms with E-state index in [4.69, 9.17) is 0 Å². The highest BCUT2D eigenvalue weighted by Gasteiger charge is 2.29. The van der Waals surface area contributed by atoms with Crippen LogP contribution in [0.4, 0.5) is 0 Å². The van der Waals surface area contributed by atoms with Crippen LogP contribution in [0.1, 0.15) is 0 Å². The molecule has 0 amide bonds. The van der Waals surface area contributed by atoms with Crippen LogP contribution in [0.5, 0.6) is 0 Å². The third-order valence-electron chi connectivity index (χ3n) is 0.454. The van der Waals surface area contributed by atoms with Crippen LogP contribution in [0.2, 0.25) is 0 Å². The molecule has 1 fully saturated rings. The van der Waals surface area contributed by atoms with Crippen LogP contribution in [0.25, 0.3) is 0 Å². The number of rotatable bonds is 0. The smallest absolute Gasteiger partial charge is 0.223 e. The van der Waals surface area contributed by atoms with E-state index in [0.29, 0.717) is 6.16 Å². The van der Waals surface area contributed by atoms with Gasteiger partial charge in [0.05, 0.1) is 6.16 Å². The Morgan fingerprint density at radius 2 is 2.00 bits per heavy atom. The second-order valence-corrected chi connectivity index (χ2v) is 2.50. The monoisotopic (exact) mass is 89.0 g/mol. The number of carbonyl (C=O) groups is 1. The van der Waals surface area contributed by atoms with Crippen molar-refractivity contribution in [2.75, 3.05) is 6.16 Å². The topological polar surface area (TPSA) is 34.1 Å². The molecule has 1 aliphatic rings. The van der Waals surface area contributed by atoms with Gasteiger partial charge in [-0.1, -0.05) is 0 Å². The van der Waals surface area contributed by atoms with Crippen LogP contribution in [0.3, 0.4) is 0 Å². The van der Waals surface area contributed by atoms with Gasteiger partial charge in [-0.25, -0.2) is 0 Å². The summed E-state index contributed by atoms with van der Waals surface area (Å²) in [5, 5.41) is 0. The molecule has 0 aromatic heterocycles. The molecule has 2 nitrogen and oxygen atoms in total. The van der Waals surface area contributed by atoms with Crippen molar-refractivity contribution in [3.05, 3.63) is 0 Å². The Labute approximate surface area is 30.0 Å². The molecule has 1 aliphatic heterocycles. The van der Waals surface area contributed by atoms with Gasteiger partial charge < -0.3 is 0 Å². The van der Waals surface area contributed by atoms with Gasteiger partial charge in [0.2, 0.25) is 5.52 Å². The van der Waals surface area contributed by atoms with Gasteiger partial charge in [-0.15, -0.1) is 0 Å². The van der Waals surface area contributed by atoms with Crippen LogP contribution >= 0.6 is 7.80 Å². The van der Waals surface area contributed by atoms with E-state index in [1.54, 1.807) is 0 Å². The molecule has 0 aliphatic carbocycles. The van der Waals surface area contributed by atoms with Crippen LogP contribution in [0.15, 0.2) is 0 Å². The van der Waals surface area contributed by atoms with Gasteiger partial charge in [0.1, 0.15) is 7.80 Å². The van der Waals surface area contributed by atoms with E-state index in [1.807, 2.05) is 0 Å². The molecule has 1 rings (SSSR count). The zero-order chi connectivity index (χ0) is 3.86. The molecule has 0 aromatic carbocycles.